The first-order valence-corrected chi connectivity index (χ1v) is 7.17. The molecule has 0 unspecified atom stereocenters. The zero-order valence-electron chi connectivity index (χ0n) is 11.6. The number of hydrogen-bond donors (Lipinski definition) is 1. The molecule has 0 bridgehead atoms. The summed E-state index contributed by atoms with van der Waals surface area (Å²) in [4.78, 5) is 4.15. The van der Waals surface area contributed by atoms with Crippen LogP contribution in [0.5, 0.6) is 5.88 Å². The van der Waals surface area contributed by atoms with Gasteiger partial charge in [0.05, 0.1) is 0 Å². The highest BCUT2D eigenvalue weighted by atomic mass is 35.5. The van der Waals surface area contributed by atoms with E-state index in [2.05, 4.69) is 17.2 Å². The highest BCUT2D eigenvalue weighted by Gasteiger charge is 2.07. The van der Waals surface area contributed by atoms with Crippen molar-refractivity contribution < 1.29 is 4.74 Å². The number of aromatic nitrogens is 1. The van der Waals surface area contributed by atoms with E-state index in [1.165, 1.54) is 5.56 Å². The van der Waals surface area contributed by atoms with Gasteiger partial charge in [0.15, 0.2) is 0 Å². The number of benzene rings is 1. The van der Waals surface area contributed by atoms with Gasteiger partial charge in [-0.05, 0) is 30.2 Å². The highest BCUT2D eigenvalue weighted by molar-refractivity contribution is 6.30. The van der Waals surface area contributed by atoms with Crippen LogP contribution >= 0.6 is 11.6 Å². The SMILES string of the molecule is CC[C@@H](COc1ccccn1)NCc1ccc(Cl)cc1. The summed E-state index contributed by atoms with van der Waals surface area (Å²) in [5, 5.41) is 4.24. The standard InChI is InChI=1S/C16H19ClN2O/c1-2-15(12-20-16-5-3-4-10-18-16)19-11-13-6-8-14(17)9-7-13/h3-10,15,19H,2,11-12H2,1H3/t15-/m0/s1. The van der Waals surface area contributed by atoms with E-state index in [0.717, 1.165) is 18.0 Å². The fraction of sp³-hybridized carbons (Fsp3) is 0.312. The second-order valence-electron chi connectivity index (χ2n) is 4.59. The molecule has 0 amide bonds. The normalized spacial score (nSPS) is 12.1. The van der Waals surface area contributed by atoms with Crippen molar-refractivity contribution in [2.75, 3.05) is 6.61 Å². The molecule has 0 radical (unpaired) electrons. The third-order valence-electron chi connectivity index (χ3n) is 3.07. The molecule has 3 nitrogen and oxygen atoms in total. The molecule has 1 N–H and O–H groups in total. The van der Waals surface area contributed by atoms with E-state index in [0.29, 0.717) is 18.5 Å². The Labute approximate surface area is 124 Å². The van der Waals surface area contributed by atoms with Crippen LogP contribution in [-0.4, -0.2) is 17.6 Å². The van der Waals surface area contributed by atoms with E-state index in [4.69, 9.17) is 16.3 Å². The molecule has 0 saturated heterocycles. The van der Waals surface area contributed by atoms with Crippen LogP contribution in [0.4, 0.5) is 0 Å². The fourth-order valence-electron chi connectivity index (χ4n) is 1.80. The predicted molar refractivity (Wildman–Crippen MR) is 82.1 cm³/mol. The van der Waals surface area contributed by atoms with Crippen LogP contribution in [0.3, 0.4) is 0 Å². The quantitative estimate of drug-likeness (QED) is 0.844. The van der Waals surface area contributed by atoms with Crippen molar-refractivity contribution in [1.82, 2.24) is 10.3 Å². The lowest BCUT2D eigenvalue weighted by Gasteiger charge is -2.17. The number of ether oxygens (including phenoxy) is 1. The van der Waals surface area contributed by atoms with Crippen molar-refractivity contribution >= 4 is 11.6 Å². The Bertz CT molecular complexity index is 502. The number of nitrogens with one attached hydrogen (secondary N) is 1. The average Bonchev–Trinajstić information content (AvgIpc) is 2.50. The zero-order valence-corrected chi connectivity index (χ0v) is 12.3. The molecule has 20 heavy (non-hydrogen) atoms. The smallest absolute Gasteiger partial charge is 0.213 e. The van der Waals surface area contributed by atoms with Crippen LogP contribution in [0.15, 0.2) is 48.7 Å². The predicted octanol–water partition coefficient (Wildman–Crippen LogP) is 3.68. The Balaban J connectivity index is 1.79. The topological polar surface area (TPSA) is 34.1 Å². The van der Waals surface area contributed by atoms with Crippen molar-refractivity contribution in [2.45, 2.75) is 25.9 Å². The monoisotopic (exact) mass is 290 g/mol. The summed E-state index contributed by atoms with van der Waals surface area (Å²) in [6, 6.07) is 13.8. The van der Waals surface area contributed by atoms with Gasteiger partial charge in [0, 0.05) is 29.9 Å². The van der Waals surface area contributed by atoms with E-state index < -0.39 is 0 Å². The van der Waals surface area contributed by atoms with Crippen molar-refractivity contribution in [3.8, 4) is 5.88 Å². The summed E-state index contributed by atoms with van der Waals surface area (Å²) in [6.07, 6.45) is 2.73. The Morgan fingerprint density at radius 3 is 2.65 bits per heavy atom. The van der Waals surface area contributed by atoms with Crippen molar-refractivity contribution in [3.63, 3.8) is 0 Å². The van der Waals surface area contributed by atoms with Crippen molar-refractivity contribution in [3.05, 3.63) is 59.2 Å². The molecule has 1 atom stereocenters. The van der Waals surface area contributed by atoms with Crippen LogP contribution in [0, 0.1) is 0 Å². The number of nitrogens with zero attached hydrogens (tertiary/aromatic N) is 1. The molecular weight excluding hydrogens is 272 g/mol. The minimum absolute atomic E-state index is 0.299. The van der Waals surface area contributed by atoms with Gasteiger partial charge in [0.25, 0.3) is 0 Å². The van der Waals surface area contributed by atoms with Gasteiger partial charge in [-0.3, -0.25) is 0 Å². The second kappa shape index (κ2) is 7.88. The lowest BCUT2D eigenvalue weighted by Crippen LogP contribution is -2.33. The Morgan fingerprint density at radius 1 is 1.20 bits per heavy atom. The third-order valence-corrected chi connectivity index (χ3v) is 3.32. The maximum atomic E-state index is 5.87. The lowest BCUT2D eigenvalue weighted by atomic mass is 10.2. The summed E-state index contributed by atoms with van der Waals surface area (Å²) < 4.78 is 5.67. The fourth-order valence-corrected chi connectivity index (χ4v) is 1.93. The molecule has 0 fully saturated rings. The van der Waals surface area contributed by atoms with Crippen LogP contribution in [-0.2, 0) is 6.54 Å². The minimum Gasteiger partial charge on any atom is -0.476 e. The molecular formula is C16H19ClN2O. The summed E-state index contributed by atoms with van der Waals surface area (Å²) in [5.74, 6) is 0.666. The van der Waals surface area contributed by atoms with E-state index in [1.807, 2.05) is 42.5 Å². The molecule has 1 aromatic carbocycles. The van der Waals surface area contributed by atoms with Crippen molar-refractivity contribution in [2.24, 2.45) is 0 Å². The first-order chi connectivity index (χ1) is 9.78. The molecule has 0 spiro atoms. The average molecular weight is 291 g/mol. The number of rotatable bonds is 7. The van der Waals surface area contributed by atoms with Crippen LogP contribution in [0.25, 0.3) is 0 Å². The Kier molecular flexibility index (Phi) is 5.84. The van der Waals surface area contributed by atoms with Gasteiger partial charge in [-0.2, -0.15) is 0 Å². The Hall–Kier alpha value is -1.58. The van der Waals surface area contributed by atoms with Gasteiger partial charge in [0.1, 0.15) is 6.61 Å². The molecule has 2 aromatic rings. The van der Waals surface area contributed by atoms with Gasteiger partial charge >= 0.3 is 0 Å². The molecule has 4 heteroatoms. The molecule has 0 aliphatic heterocycles. The first kappa shape index (κ1) is 14.8. The molecule has 0 saturated carbocycles. The van der Waals surface area contributed by atoms with Crippen LogP contribution in [0.1, 0.15) is 18.9 Å². The lowest BCUT2D eigenvalue weighted by molar-refractivity contribution is 0.251. The first-order valence-electron chi connectivity index (χ1n) is 6.79. The largest absolute Gasteiger partial charge is 0.476 e. The van der Waals surface area contributed by atoms with E-state index in [9.17, 15) is 0 Å². The number of halogens is 1. The van der Waals surface area contributed by atoms with E-state index >= 15 is 0 Å². The summed E-state index contributed by atoms with van der Waals surface area (Å²) >= 11 is 5.87. The maximum absolute atomic E-state index is 5.87. The molecule has 0 aliphatic carbocycles. The van der Waals surface area contributed by atoms with Crippen LogP contribution in [0.2, 0.25) is 5.02 Å². The van der Waals surface area contributed by atoms with Crippen LogP contribution < -0.4 is 10.1 Å². The van der Waals surface area contributed by atoms with Gasteiger partial charge in [-0.15, -0.1) is 0 Å². The van der Waals surface area contributed by atoms with Gasteiger partial charge in [-0.25, -0.2) is 4.98 Å². The summed E-state index contributed by atoms with van der Waals surface area (Å²) in [7, 11) is 0. The van der Waals surface area contributed by atoms with Gasteiger partial charge in [-0.1, -0.05) is 36.7 Å². The summed E-state index contributed by atoms with van der Waals surface area (Å²) in [6.45, 7) is 3.56. The van der Waals surface area contributed by atoms with E-state index in [-0.39, 0.29) is 0 Å². The number of hydrogen-bond acceptors (Lipinski definition) is 3. The van der Waals surface area contributed by atoms with Gasteiger partial charge < -0.3 is 10.1 Å². The van der Waals surface area contributed by atoms with E-state index in [1.54, 1.807) is 6.20 Å². The molecule has 1 aromatic heterocycles. The highest BCUT2D eigenvalue weighted by Crippen LogP contribution is 2.10. The Morgan fingerprint density at radius 2 is 2.00 bits per heavy atom. The minimum atomic E-state index is 0.299. The van der Waals surface area contributed by atoms with Gasteiger partial charge in [0.2, 0.25) is 5.88 Å². The molecule has 0 aliphatic rings. The summed E-state index contributed by atoms with van der Waals surface area (Å²) in [5.41, 5.74) is 1.21. The van der Waals surface area contributed by atoms with Crippen molar-refractivity contribution in [1.29, 1.82) is 0 Å². The molecule has 106 valence electrons. The molecule has 2 rings (SSSR count). The maximum Gasteiger partial charge on any atom is 0.213 e. The zero-order chi connectivity index (χ0) is 14.2. The second-order valence-corrected chi connectivity index (χ2v) is 5.03. The third kappa shape index (κ3) is 4.83. The molecule has 1 heterocycles. The number of pyridine rings is 1.